The van der Waals surface area contributed by atoms with E-state index in [0.717, 1.165) is 41.5 Å². The van der Waals surface area contributed by atoms with E-state index in [1.54, 1.807) is 32.9 Å². The Kier molecular flexibility index (Phi) is 18.5. The van der Waals surface area contributed by atoms with Crippen LogP contribution in [0.25, 0.3) is 0 Å². The maximum Gasteiger partial charge on any atom is 0.339 e. The normalized spacial score (nSPS) is 12.4. The molecule has 0 saturated heterocycles. The highest BCUT2D eigenvalue weighted by Crippen LogP contribution is 2.39. The van der Waals surface area contributed by atoms with Gasteiger partial charge in [0, 0.05) is 19.6 Å². The number of hydrogen-bond acceptors (Lipinski definition) is 9. The Balaban J connectivity index is 1.49. The van der Waals surface area contributed by atoms with Gasteiger partial charge in [-0.2, -0.15) is 8.42 Å². The third-order valence-corrected chi connectivity index (χ3v) is 12.3. The van der Waals surface area contributed by atoms with Crippen molar-refractivity contribution in [3.05, 3.63) is 161 Å². The van der Waals surface area contributed by atoms with Gasteiger partial charge in [-0.3, -0.25) is 14.9 Å². The molecule has 1 atom stereocenters. The number of esters is 1. The van der Waals surface area contributed by atoms with Crippen molar-refractivity contribution in [3.63, 3.8) is 0 Å². The Hall–Kier alpha value is -5.29. The fourth-order valence-corrected chi connectivity index (χ4v) is 8.83. The number of hydrogen-bond donors (Lipinski definition) is 1. The zero-order valence-corrected chi connectivity index (χ0v) is 38.5. The number of benzene rings is 5. The van der Waals surface area contributed by atoms with Crippen molar-refractivity contribution in [2.24, 2.45) is 0 Å². The van der Waals surface area contributed by atoms with E-state index in [9.17, 15) is 18.0 Å². The smallest absolute Gasteiger partial charge is 0.339 e. The van der Waals surface area contributed by atoms with Crippen LogP contribution in [0.5, 0.6) is 11.5 Å². The molecule has 0 aromatic heterocycles. The molecule has 10 heteroatoms. The van der Waals surface area contributed by atoms with Crippen LogP contribution in [-0.4, -0.2) is 46.2 Å². The van der Waals surface area contributed by atoms with E-state index in [2.05, 4.69) is 12.2 Å². The minimum atomic E-state index is -4.41. The number of carbonyl (C=O) groups excluding carboxylic acids is 2. The topological polar surface area (TPSA) is 117 Å². The van der Waals surface area contributed by atoms with Gasteiger partial charge in [-0.25, -0.2) is 0 Å². The molecular formula is C53H65NO8S. The number of rotatable bonds is 26. The molecule has 9 nitrogen and oxygen atoms in total. The Morgan fingerprint density at radius 1 is 0.683 bits per heavy atom. The van der Waals surface area contributed by atoms with Crippen LogP contribution in [-0.2, 0) is 42.8 Å². The Labute approximate surface area is 375 Å². The summed E-state index contributed by atoms with van der Waals surface area (Å²) >= 11 is 0. The van der Waals surface area contributed by atoms with E-state index in [0.29, 0.717) is 6.29 Å². The maximum absolute atomic E-state index is 14.6. The molecule has 0 amide bonds. The fraction of sp³-hybridized carbons (Fsp3) is 0.396. The number of ether oxygens (including phenoxy) is 3. The van der Waals surface area contributed by atoms with Gasteiger partial charge < -0.3 is 18.4 Å². The first-order valence-electron chi connectivity index (χ1n) is 22.3. The molecule has 0 aliphatic rings. The zero-order chi connectivity index (χ0) is 45.1. The molecule has 5 aromatic rings. The largest absolute Gasteiger partial charge is 0.467 e. The van der Waals surface area contributed by atoms with Crippen LogP contribution in [0.2, 0.25) is 0 Å². The molecule has 63 heavy (non-hydrogen) atoms. The third-order valence-electron chi connectivity index (χ3n) is 11.0. The van der Waals surface area contributed by atoms with Crippen LogP contribution in [0.15, 0.2) is 132 Å². The van der Waals surface area contributed by atoms with E-state index in [1.807, 2.05) is 103 Å². The summed E-state index contributed by atoms with van der Waals surface area (Å²) in [5.41, 5.74) is 1.99. The first-order chi connectivity index (χ1) is 30.4. The van der Waals surface area contributed by atoms with E-state index < -0.39 is 33.3 Å². The van der Waals surface area contributed by atoms with Gasteiger partial charge in [0.1, 0.15) is 28.0 Å². The molecule has 0 spiro atoms. The average Bonchev–Trinajstić information content (AvgIpc) is 3.28. The van der Waals surface area contributed by atoms with Crippen molar-refractivity contribution in [3.8, 4) is 11.5 Å². The number of nitrogens with one attached hydrogen (secondary N) is 1. The number of methoxy groups -OCH3 is 1. The van der Waals surface area contributed by atoms with Crippen LogP contribution in [0.1, 0.15) is 130 Å². The molecule has 5 aromatic carbocycles. The minimum absolute atomic E-state index is 0.0304. The Bertz CT molecular complexity index is 2160. The van der Waals surface area contributed by atoms with Crippen molar-refractivity contribution >= 4 is 22.4 Å². The van der Waals surface area contributed by atoms with E-state index >= 15 is 0 Å². The molecule has 0 unspecified atom stereocenters. The number of unbranched alkanes of at least 4 members (excludes halogenated alkanes) is 9. The highest BCUT2D eigenvalue weighted by molar-refractivity contribution is 7.87. The lowest BCUT2D eigenvalue weighted by Crippen LogP contribution is -2.54. The lowest BCUT2D eigenvalue weighted by atomic mass is 9.76. The second-order valence-corrected chi connectivity index (χ2v) is 18.6. The van der Waals surface area contributed by atoms with Gasteiger partial charge in [-0.05, 0) is 79.6 Å². The van der Waals surface area contributed by atoms with E-state index in [1.165, 1.54) is 70.6 Å². The second-order valence-electron chi connectivity index (χ2n) is 17.1. The predicted octanol–water partition coefficient (Wildman–Crippen LogP) is 11.5. The van der Waals surface area contributed by atoms with Gasteiger partial charge in [0.25, 0.3) is 0 Å². The van der Waals surface area contributed by atoms with Gasteiger partial charge in [-0.15, -0.1) is 0 Å². The van der Waals surface area contributed by atoms with Gasteiger partial charge >= 0.3 is 16.1 Å². The van der Waals surface area contributed by atoms with Crippen molar-refractivity contribution in [1.82, 2.24) is 5.32 Å². The molecule has 5 rings (SSSR count). The van der Waals surface area contributed by atoms with Crippen molar-refractivity contribution in [2.45, 2.75) is 127 Å². The second kappa shape index (κ2) is 24.0. The summed E-state index contributed by atoms with van der Waals surface area (Å²) in [5.74, 6) is -0.642. The molecule has 0 bridgehead atoms. The van der Waals surface area contributed by atoms with E-state index in [-0.39, 0.29) is 40.7 Å². The van der Waals surface area contributed by atoms with Crippen molar-refractivity contribution in [2.75, 3.05) is 13.9 Å². The number of aryl methyl sites for hydroxylation is 1. The summed E-state index contributed by atoms with van der Waals surface area (Å²) in [6.45, 7) is 7.40. The first-order valence-corrected chi connectivity index (χ1v) is 23.8. The van der Waals surface area contributed by atoms with Gasteiger partial charge in [-0.1, -0.05) is 168 Å². The average molecular weight is 876 g/mol. The van der Waals surface area contributed by atoms with Crippen LogP contribution in [0, 0.1) is 0 Å². The highest BCUT2D eigenvalue weighted by Gasteiger charge is 2.41. The summed E-state index contributed by atoms with van der Waals surface area (Å²) in [7, 11) is -2.98. The summed E-state index contributed by atoms with van der Waals surface area (Å²) in [4.78, 5) is 27.1. The lowest BCUT2D eigenvalue weighted by molar-refractivity contribution is -0.157. The van der Waals surface area contributed by atoms with Crippen molar-refractivity contribution in [1.29, 1.82) is 0 Å². The van der Waals surface area contributed by atoms with E-state index in [4.69, 9.17) is 18.4 Å². The SMILES string of the molecule is CCCCCCCCCCCCc1ccc(S(=O)(=O)Oc2cc(OCOC)c(C=O)cc2C[C@H](NC(c2ccccc2)(c2ccccc2)c2ccccc2)C(=O)OC(C)(C)C)cc1. The molecule has 0 aliphatic carbocycles. The van der Waals surface area contributed by atoms with Gasteiger partial charge in [0.2, 0.25) is 0 Å². The standard InChI is InChI=1S/C53H65NO8S/c1-6-7-8-9-10-11-12-13-14-18-25-41-32-34-47(35-33-41)63(57,58)62-50-38-49(60-40-59-5)43(39-55)36-42(50)37-48(51(56)61-52(2,3)4)54-53(44-26-19-15-20-27-44,45-28-21-16-22-29-45)46-30-23-17-24-31-46/h15-17,19-24,26-36,38-39,48,54H,6-14,18,25,37,40H2,1-5H3/t48-/m0/s1. The molecule has 0 aliphatic heterocycles. The molecule has 0 radical (unpaired) electrons. The minimum Gasteiger partial charge on any atom is -0.467 e. The van der Waals surface area contributed by atoms with Gasteiger partial charge in [0.05, 0.1) is 11.1 Å². The summed E-state index contributed by atoms with van der Waals surface area (Å²) < 4.78 is 51.1. The Morgan fingerprint density at radius 3 is 1.67 bits per heavy atom. The fourth-order valence-electron chi connectivity index (χ4n) is 7.87. The summed E-state index contributed by atoms with van der Waals surface area (Å²) in [6.07, 6.45) is 13.8. The zero-order valence-electron chi connectivity index (χ0n) is 37.6. The molecule has 336 valence electrons. The quantitative estimate of drug-likeness (QED) is 0.0145. The van der Waals surface area contributed by atoms with Crippen molar-refractivity contribution < 1.29 is 36.4 Å². The third kappa shape index (κ3) is 14.1. The van der Waals surface area contributed by atoms with Gasteiger partial charge in [0.15, 0.2) is 13.1 Å². The number of carbonyl (C=O) groups is 2. The monoisotopic (exact) mass is 875 g/mol. The molecule has 1 N–H and O–H groups in total. The van der Waals surface area contributed by atoms with Crippen LogP contribution in [0.3, 0.4) is 0 Å². The van der Waals surface area contributed by atoms with Crippen LogP contribution < -0.4 is 14.2 Å². The van der Waals surface area contributed by atoms with Crippen LogP contribution in [0.4, 0.5) is 0 Å². The molecule has 0 fully saturated rings. The van der Waals surface area contributed by atoms with Crippen LogP contribution >= 0.6 is 0 Å². The molecule has 0 heterocycles. The lowest BCUT2D eigenvalue weighted by Gasteiger charge is -2.40. The number of aldehydes is 1. The molecular weight excluding hydrogens is 811 g/mol. The molecule has 0 saturated carbocycles. The summed E-state index contributed by atoms with van der Waals surface area (Å²) in [5, 5.41) is 3.72. The predicted molar refractivity (Wildman–Crippen MR) is 250 cm³/mol. The summed E-state index contributed by atoms with van der Waals surface area (Å²) in [6, 6.07) is 37.9. The highest BCUT2D eigenvalue weighted by atomic mass is 32.2. The maximum atomic E-state index is 14.6. The first kappa shape index (κ1) is 48.7. The Morgan fingerprint density at radius 2 is 1.19 bits per heavy atom.